The van der Waals surface area contributed by atoms with Gasteiger partial charge in [-0.25, -0.2) is 0 Å². The van der Waals surface area contributed by atoms with Gasteiger partial charge in [-0.2, -0.15) is 0 Å². The van der Waals surface area contributed by atoms with Crippen molar-refractivity contribution in [2.24, 2.45) is 0 Å². The number of nitrogens with zero attached hydrogens (tertiary/aromatic N) is 2. The number of carbonyl (C=O) groups excluding carboxylic acids is 1. The Labute approximate surface area is 90.4 Å². The number of hydrogen-bond donors (Lipinski definition) is 0. The number of rotatable bonds is 5. The van der Waals surface area contributed by atoms with E-state index in [4.69, 9.17) is 0 Å². The van der Waals surface area contributed by atoms with Crippen LogP contribution in [0.2, 0.25) is 0 Å². The molecule has 3 nitrogen and oxygen atoms in total. The fourth-order valence-corrected chi connectivity index (χ4v) is 1.32. The third kappa shape index (κ3) is 3.20. The molecular weight excluding hydrogens is 188 g/mol. The number of carbonyl (C=O) groups is 1. The van der Waals surface area contributed by atoms with E-state index in [0.717, 1.165) is 24.9 Å². The van der Waals surface area contributed by atoms with Crippen LogP contribution in [0.15, 0.2) is 30.7 Å². The summed E-state index contributed by atoms with van der Waals surface area (Å²) in [4.78, 5) is 17.0. The highest BCUT2D eigenvalue weighted by Crippen LogP contribution is 2.11. The van der Waals surface area contributed by atoms with E-state index in [9.17, 15) is 4.79 Å². The largest absolute Gasteiger partial charge is 0.377 e. The Morgan fingerprint density at radius 1 is 1.33 bits per heavy atom. The molecule has 0 fully saturated rings. The van der Waals surface area contributed by atoms with E-state index in [2.05, 4.69) is 23.7 Å². The lowest BCUT2D eigenvalue weighted by Crippen LogP contribution is -2.16. The monoisotopic (exact) mass is 204 g/mol. The smallest absolute Gasteiger partial charge is 0.152 e. The standard InChI is InChI=1S/C12H16N2O/c1-3-14(4-2)9-12(10-15)11-5-7-13-8-6-11/h5-10H,3-4H2,1-2H3. The van der Waals surface area contributed by atoms with Gasteiger partial charge in [0.1, 0.15) is 0 Å². The Morgan fingerprint density at radius 2 is 1.93 bits per heavy atom. The summed E-state index contributed by atoms with van der Waals surface area (Å²) in [7, 11) is 0. The number of hydrogen-bond acceptors (Lipinski definition) is 3. The number of allylic oxidation sites excluding steroid dienone is 1. The Morgan fingerprint density at radius 3 is 2.40 bits per heavy atom. The minimum atomic E-state index is 0.695. The molecule has 0 radical (unpaired) electrons. The first-order valence-corrected chi connectivity index (χ1v) is 5.13. The Balaban J connectivity index is 2.93. The Kier molecular flexibility index (Phi) is 4.54. The fourth-order valence-electron chi connectivity index (χ4n) is 1.32. The van der Waals surface area contributed by atoms with Crippen LogP contribution in [0, 0.1) is 0 Å². The minimum Gasteiger partial charge on any atom is -0.377 e. The van der Waals surface area contributed by atoms with Crippen molar-refractivity contribution < 1.29 is 4.79 Å². The molecule has 0 aromatic carbocycles. The van der Waals surface area contributed by atoms with Crippen LogP contribution in [0.5, 0.6) is 0 Å². The molecule has 0 amide bonds. The maximum Gasteiger partial charge on any atom is 0.152 e. The number of aldehydes is 1. The summed E-state index contributed by atoms with van der Waals surface area (Å²) >= 11 is 0. The molecule has 0 atom stereocenters. The lowest BCUT2D eigenvalue weighted by atomic mass is 10.1. The predicted molar refractivity (Wildman–Crippen MR) is 61.2 cm³/mol. The van der Waals surface area contributed by atoms with Gasteiger partial charge in [0.15, 0.2) is 6.29 Å². The lowest BCUT2D eigenvalue weighted by Gasteiger charge is -2.16. The van der Waals surface area contributed by atoms with Gasteiger partial charge in [0, 0.05) is 37.3 Å². The second-order valence-electron chi connectivity index (χ2n) is 3.16. The van der Waals surface area contributed by atoms with Gasteiger partial charge in [-0.1, -0.05) is 0 Å². The number of pyridine rings is 1. The summed E-state index contributed by atoms with van der Waals surface area (Å²) in [5.41, 5.74) is 1.60. The average Bonchev–Trinajstić information content (AvgIpc) is 2.32. The van der Waals surface area contributed by atoms with Crippen LogP contribution in [0.3, 0.4) is 0 Å². The normalized spacial score (nSPS) is 11.2. The molecule has 0 N–H and O–H groups in total. The summed E-state index contributed by atoms with van der Waals surface area (Å²) in [6.07, 6.45) is 6.15. The zero-order chi connectivity index (χ0) is 11.1. The van der Waals surface area contributed by atoms with Crippen molar-refractivity contribution in [2.45, 2.75) is 13.8 Å². The third-order valence-electron chi connectivity index (χ3n) is 2.27. The van der Waals surface area contributed by atoms with Gasteiger partial charge < -0.3 is 4.90 Å². The maximum absolute atomic E-state index is 11.0. The minimum absolute atomic E-state index is 0.695. The average molecular weight is 204 g/mol. The summed E-state index contributed by atoms with van der Waals surface area (Å²) in [5.74, 6) is 0. The van der Waals surface area contributed by atoms with E-state index >= 15 is 0 Å². The molecule has 0 saturated heterocycles. The second kappa shape index (κ2) is 5.96. The van der Waals surface area contributed by atoms with Crippen LogP contribution >= 0.6 is 0 Å². The molecule has 0 aliphatic carbocycles. The van der Waals surface area contributed by atoms with Crippen LogP contribution in [0.25, 0.3) is 5.57 Å². The van der Waals surface area contributed by atoms with E-state index in [-0.39, 0.29) is 0 Å². The Hall–Kier alpha value is -1.64. The molecule has 3 heteroatoms. The van der Waals surface area contributed by atoms with E-state index in [1.54, 1.807) is 12.4 Å². The van der Waals surface area contributed by atoms with Crippen molar-refractivity contribution in [3.05, 3.63) is 36.3 Å². The van der Waals surface area contributed by atoms with Crippen LogP contribution in [-0.2, 0) is 4.79 Å². The second-order valence-corrected chi connectivity index (χ2v) is 3.16. The summed E-state index contributed by atoms with van der Waals surface area (Å²) in [6, 6.07) is 3.67. The third-order valence-corrected chi connectivity index (χ3v) is 2.27. The molecular formula is C12H16N2O. The van der Waals surface area contributed by atoms with E-state index in [1.807, 2.05) is 18.3 Å². The molecule has 0 aliphatic rings. The molecule has 15 heavy (non-hydrogen) atoms. The molecule has 0 saturated carbocycles. The Bertz CT molecular complexity index is 329. The molecule has 0 spiro atoms. The highest BCUT2D eigenvalue weighted by Gasteiger charge is 2.01. The molecule has 1 heterocycles. The van der Waals surface area contributed by atoms with Crippen LogP contribution in [0.1, 0.15) is 19.4 Å². The molecule has 1 rings (SSSR count). The van der Waals surface area contributed by atoms with Crippen molar-refractivity contribution in [1.29, 1.82) is 0 Å². The summed E-state index contributed by atoms with van der Waals surface area (Å²) < 4.78 is 0. The van der Waals surface area contributed by atoms with Crippen LogP contribution in [-0.4, -0.2) is 29.3 Å². The zero-order valence-electron chi connectivity index (χ0n) is 9.18. The zero-order valence-corrected chi connectivity index (χ0v) is 9.18. The van der Waals surface area contributed by atoms with Gasteiger partial charge >= 0.3 is 0 Å². The highest BCUT2D eigenvalue weighted by molar-refractivity contribution is 6.06. The molecule has 1 aromatic heterocycles. The summed E-state index contributed by atoms with van der Waals surface area (Å²) in [6.45, 7) is 5.93. The first-order valence-electron chi connectivity index (χ1n) is 5.13. The van der Waals surface area contributed by atoms with Gasteiger partial charge in [-0.3, -0.25) is 9.78 Å². The summed E-state index contributed by atoms with van der Waals surface area (Å²) in [5, 5.41) is 0. The maximum atomic E-state index is 11.0. The lowest BCUT2D eigenvalue weighted by molar-refractivity contribution is -0.103. The van der Waals surface area contributed by atoms with Gasteiger partial charge in [0.25, 0.3) is 0 Å². The van der Waals surface area contributed by atoms with E-state index in [1.165, 1.54) is 0 Å². The van der Waals surface area contributed by atoms with Crippen LogP contribution in [0.4, 0.5) is 0 Å². The van der Waals surface area contributed by atoms with Gasteiger partial charge in [0.2, 0.25) is 0 Å². The molecule has 0 aliphatic heterocycles. The molecule has 1 aromatic rings. The van der Waals surface area contributed by atoms with Gasteiger partial charge in [-0.05, 0) is 31.5 Å². The first-order chi connectivity index (χ1) is 7.31. The van der Waals surface area contributed by atoms with Crippen molar-refractivity contribution >= 4 is 11.9 Å². The van der Waals surface area contributed by atoms with Crippen molar-refractivity contribution in [2.75, 3.05) is 13.1 Å². The van der Waals surface area contributed by atoms with Crippen molar-refractivity contribution in [1.82, 2.24) is 9.88 Å². The predicted octanol–water partition coefficient (Wildman–Crippen LogP) is 1.96. The first kappa shape index (κ1) is 11.4. The quantitative estimate of drug-likeness (QED) is 0.543. The van der Waals surface area contributed by atoms with Gasteiger partial charge in [-0.15, -0.1) is 0 Å². The molecule has 0 bridgehead atoms. The fraction of sp³-hybridized carbons (Fsp3) is 0.333. The van der Waals surface area contributed by atoms with E-state index < -0.39 is 0 Å². The topological polar surface area (TPSA) is 33.2 Å². The SMILES string of the molecule is CCN(C=C(C=O)c1ccncc1)CC. The number of aromatic nitrogens is 1. The van der Waals surface area contributed by atoms with Crippen molar-refractivity contribution in [3.8, 4) is 0 Å². The molecule has 80 valence electrons. The van der Waals surface area contributed by atoms with Crippen LogP contribution < -0.4 is 0 Å². The van der Waals surface area contributed by atoms with Crippen molar-refractivity contribution in [3.63, 3.8) is 0 Å². The molecule has 0 unspecified atom stereocenters. The van der Waals surface area contributed by atoms with E-state index in [0.29, 0.717) is 5.57 Å². The highest BCUT2D eigenvalue weighted by atomic mass is 16.1. The van der Waals surface area contributed by atoms with Gasteiger partial charge in [0.05, 0.1) is 0 Å².